The number of likely N-dealkylation sites (tertiary alicyclic amines) is 1. The number of halogens is 2. The van der Waals surface area contributed by atoms with Crippen molar-refractivity contribution in [3.05, 3.63) is 106 Å². The maximum Gasteiger partial charge on any atom is 0.335 e. The first-order valence-electron chi connectivity index (χ1n) is 12.8. The fourth-order valence-electron chi connectivity index (χ4n) is 5.64. The Hall–Kier alpha value is -3.31. The smallest absolute Gasteiger partial charge is 0.335 e. The maximum absolute atomic E-state index is 15.0. The summed E-state index contributed by atoms with van der Waals surface area (Å²) in [6, 6.07) is 20.7. The van der Waals surface area contributed by atoms with E-state index in [1.165, 1.54) is 11.6 Å². The predicted molar refractivity (Wildman–Crippen MR) is 139 cm³/mol. The second-order valence-electron chi connectivity index (χ2n) is 9.93. The zero-order chi connectivity index (χ0) is 25.1. The van der Waals surface area contributed by atoms with Crippen molar-refractivity contribution in [3.8, 4) is 0 Å². The Morgan fingerprint density at radius 2 is 1.75 bits per heavy atom. The number of carbonyl (C=O) groups is 1. The van der Waals surface area contributed by atoms with Gasteiger partial charge in [0.15, 0.2) is 0 Å². The Bertz CT molecular complexity index is 1280. The van der Waals surface area contributed by atoms with Gasteiger partial charge in [0, 0.05) is 25.2 Å². The fraction of sp³-hybridized carbons (Fsp3) is 0.323. The average Bonchev–Trinajstić information content (AvgIpc) is 3.05. The van der Waals surface area contributed by atoms with Crippen molar-refractivity contribution < 1.29 is 18.7 Å². The van der Waals surface area contributed by atoms with Gasteiger partial charge in [0.05, 0.1) is 12.2 Å². The minimum atomic E-state index is -0.939. The van der Waals surface area contributed by atoms with Crippen LogP contribution in [0.15, 0.2) is 66.7 Å². The van der Waals surface area contributed by atoms with Crippen molar-refractivity contribution in [2.75, 3.05) is 26.3 Å². The van der Waals surface area contributed by atoms with Crippen molar-refractivity contribution in [3.63, 3.8) is 0 Å². The summed E-state index contributed by atoms with van der Waals surface area (Å²) in [6.07, 6.45) is 3.88. The van der Waals surface area contributed by atoms with Gasteiger partial charge in [0.25, 0.3) is 0 Å². The summed E-state index contributed by atoms with van der Waals surface area (Å²) in [4.78, 5) is 13.9. The number of nitrogens with zero attached hydrogens (tertiary/aromatic N) is 1. The van der Waals surface area contributed by atoms with Crippen molar-refractivity contribution in [2.45, 2.75) is 32.1 Å². The number of benzene rings is 3. The molecule has 0 radical (unpaired) electrons. The number of alkyl halides is 1. The SMILES string of the molecule is O=C(O)c1ccc2c(c1)CCCC(c1ccccc1F)=C2c1ccc(CC2CN(CCCF)C2)cc1. The van der Waals surface area contributed by atoms with Gasteiger partial charge in [0.2, 0.25) is 0 Å². The lowest BCUT2D eigenvalue weighted by Gasteiger charge is -2.39. The summed E-state index contributed by atoms with van der Waals surface area (Å²) in [6.45, 7) is 2.61. The van der Waals surface area contributed by atoms with Crippen LogP contribution in [0.4, 0.5) is 8.78 Å². The molecule has 1 heterocycles. The van der Waals surface area contributed by atoms with E-state index in [0.29, 0.717) is 24.3 Å². The number of fused-ring (bicyclic) bond motifs is 1. The Morgan fingerprint density at radius 3 is 2.47 bits per heavy atom. The number of allylic oxidation sites excluding steroid dienone is 1. The first-order valence-corrected chi connectivity index (χ1v) is 12.8. The molecule has 1 N–H and O–H groups in total. The van der Waals surface area contributed by atoms with Crippen molar-refractivity contribution in [1.82, 2.24) is 4.90 Å². The molecule has 0 unspecified atom stereocenters. The Labute approximate surface area is 211 Å². The Balaban J connectivity index is 1.49. The molecular formula is C31H31F2NO2. The summed E-state index contributed by atoms with van der Waals surface area (Å²) in [5, 5.41) is 9.51. The van der Waals surface area contributed by atoms with Gasteiger partial charge >= 0.3 is 5.97 Å². The van der Waals surface area contributed by atoms with Gasteiger partial charge in [-0.05, 0) is 89.6 Å². The van der Waals surface area contributed by atoms with Crippen LogP contribution >= 0.6 is 0 Å². The highest BCUT2D eigenvalue weighted by molar-refractivity contribution is 6.00. The van der Waals surface area contributed by atoms with Gasteiger partial charge in [-0.15, -0.1) is 0 Å². The topological polar surface area (TPSA) is 40.5 Å². The van der Waals surface area contributed by atoms with E-state index < -0.39 is 5.97 Å². The molecule has 5 heteroatoms. The van der Waals surface area contributed by atoms with Crippen LogP contribution in [0, 0.1) is 11.7 Å². The van der Waals surface area contributed by atoms with Gasteiger partial charge in [-0.1, -0.05) is 48.5 Å². The molecule has 3 aromatic carbocycles. The number of carboxylic acid groups (broad SMARTS) is 1. The molecule has 0 spiro atoms. The van der Waals surface area contributed by atoms with E-state index in [-0.39, 0.29) is 18.1 Å². The second-order valence-corrected chi connectivity index (χ2v) is 9.93. The summed E-state index contributed by atoms with van der Waals surface area (Å²) in [7, 11) is 0. The Kier molecular flexibility index (Phi) is 7.28. The van der Waals surface area contributed by atoms with E-state index in [2.05, 4.69) is 29.2 Å². The summed E-state index contributed by atoms with van der Waals surface area (Å²) >= 11 is 0. The molecule has 1 aliphatic heterocycles. The van der Waals surface area contributed by atoms with E-state index in [1.54, 1.807) is 18.2 Å². The van der Waals surface area contributed by atoms with Gasteiger partial charge in [-0.2, -0.15) is 0 Å². The lowest BCUT2D eigenvalue weighted by molar-refractivity contribution is 0.0696. The molecule has 1 saturated heterocycles. The molecule has 0 amide bonds. The third-order valence-electron chi connectivity index (χ3n) is 7.40. The van der Waals surface area contributed by atoms with Crippen LogP contribution in [0.3, 0.4) is 0 Å². The number of hydrogen-bond donors (Lipinski definition) is 1. The first kappa shape index (κ1) is 24.4. The van der Waals surface area contributed by atoms with Crippen molar-refractivity contribution >= 4 is 17.1 Å². The molecule has 0 atom stereocenters. The third kappa shape index (κ3) is 5.12. The van der Waals surface area contributed by atoms with Crippen LogP contribution in [0.5, 0.6) is 0 Å². The molecule has 2 aliphatic rings. The summed E-state index contributed by atoms with van der Waals surface area (Å²) in [5.41, 5.74) is 7.07. The maximum atomic E-state index is 15.0. The quantitative estimate of drug-likeness (QED) is 0.387. The standard InChI is InChI=1S/C31H31F2NO2/c32-15-4-16-34-19-22(20-34)17-21-9-11-23(12-10-21)30-26-14-13-25(31(35)36)18-24(26)5-3-7-28(30)27-6-1-2-8-29(27)33/h1-2,6,8-14,18,22H,3-5,7,15-17,19-20H2,(H,35,36). The molecule has 1 aliphatic carbocycles. The van der Waals surface area contributed by atoms with Crippen LogP contribution in [0.2, 0.25) is 0 Å². The van der Waals surface area contributed by atoms with Crippen molar-refractivity contribution in [2.24, 2.45) is 5.92 Å². The van der Waals surface area contributed by atoms with Crippen LogP contribution in [0.1, 0.15) is 57.4 Å². The minimum absolute atomic E-state index is 0.241. The predicted octanol–water partition coefficient (Wildman–Crippen LogP) is 6.65. The zero-order valence-corrected chi connectivity index (χ0v) is 20.4. The molecule has 0 saturated carbocycles. The zero-order valence-electron chi connectivity index (χ0n) is 20.4. The molecule has 3 nitrogen and oxygen atoms in total. The van der Waals surface area contributed by atoms with E-state index >= 15 is 0 Å². The minimum Gasteiger partial charge on any atom is -0.478 e. The number of rotatable bonds is 8. The normalized spacial score (nSPS) is 16.4. The van der Waals surface area contributed by atoms with Crippen LogP contribution in [-0.2, 0) is 12.8 Å². The van der Waals surface area contributed by atoms with E-state index in [9.17, 15) is 18.7 Å². The lowest BCUT2D eigenvalue weighted by atomic mass is 9.86. The van der Waals surface area contributed by atoms with E-state index in [4.69, 9.17) is 0 Å². The first-order chi connectivity index (χ1) is 17.5. The number of aryl methyl sites for hydroxylation is 1. The van der Waals surface area contributed by atoms with E-state index in [0.717, 1.165) is 66.7 Å². The lowest BCUT2D eigenvalue weighted by Crippen LogP contribution is -2.47. The fourth-order valence-corrected chi connectivity index (χ4v) is 5.64. The van der Waals surface area contributed by atoms with Gasteiger partial charge < -0.3 is 10.0 Å². The van der Waals surface area contributed by atoms with Crippen LogP contribution in [-0.4, -0.2) is 42.3 Å². The van der Waals surface area contributed by atoms with Gasteiger partial charge in [-0.3, -0.25) is 4.39 Å². The van der Waals surface area contributed by atoms with Crippen LogP contribution < -0.4 is 0 Å². The molecular weight excluding hydrogens is 456 g/mol. The summed E-state index contributed by atoms with van der Waals surface area (Å²) < 4.78 is 27.4. The molecule has 186 valence electrons. The highest BCUT2D eigenvalue weighted by Crippen LogP contribution is 2.41. The number of hydrogen-bond acceptors (Lipinski definition) is 2. The number of carboxylic acids is 1. The second kappa shape index (κ2) is 10.8. The molecule has 0 aromatic heterocycles. The van der Waals surface area contributed by atoms with E-state index in [1.807, 2.05) is 18.2 Å². The van der Waals surface area contributed by atoms with Gasteiger partial charge in [-0.25, -0.2) is 9.18 Å². The average molecular weight is 488 g/mol. The molecule has 5 rings (SSSR count). The molecule has 36 heavy (non-hydrogen) atoms. The third-order valence-corrected chi connectivity index (χ3v) is 7.40. The highest BCUT2D eigenvalue weighted by atomic mass is 19.1. The van der Waals surface area contributed by atoms with Crippen LogP contribution in [0.25, 0.3) is 11.1 Å². The molecule has 3 aromatic rings. The van der Waals surface area contributed by atoms with Crippen molar-refractivity contribution in [1.29, 1.82) is 0 Å². The molecule has 1 fully saturated rings. The monoisotopic (exact) mass is 487 g/mol. The van der Waals surface area contributed by atoms with Gasteiger partial charge in [0.1, 0.15) is 5.82 Å². The number of aromatic carboxylic acids is 1. The largest absolute Gasteiger partial charge is 0.478 e. The molecule has 0 bridgehead atoms. The Morgan fingerprint density at radius 1 is 0.972 bits per heavy atom. The highest BCUT2D eigenvalue weighted by Gasteiger charge is 2.26. The summed E-state index contributed by atoms with van der Waals surface area (Å²) in [5.74, 6) is -0.586.